The number of carboxylic acid groups (broad SMARTS) is 1. The lowest BCUT2D eigenvalue weighted by molar-refractivity contribution is -0.140. The van der Waals surface area contributed by atoms with Gasteiger partial charge in [0, 0.05) is 0 Å². The van der Waals surface area contributed by atoms with E-state index in [1.54, 1.807) is 24.3 Å². The number of nitrogens with one attached hydrogen (secondary N) is 1. The predicted molar refractivity (Wildman–Crippen MR) is 50.2 cm³/mol. The van der Waals surface area contributed by atoms with Crippen molar-refractivity contribution in [1.29, 1.82) is 0 Å². The van der Waals surface area contributed by atoms with Crippen LogP contribution in [0, 0.1) is 0 Å². The van der Waals surface area contributed by atoms with Gasteiger partial charge >= 0.3 is 12.1 Å². The van der Waals surface area contributed by atoms with E-state index >= 15 is 0 Å². The van der Waals surface area contributed by atoms with E-state index in [-0.39, 0.29) is 0 Å². The van der Waals surface area contributed by atoms with Crippen LogP contribution in [0.15, 0.2) is 30.3 Å². The fourth-order valence-electron chi connectivity index (χ4n) is 1.51. The van der Waals surface area contributed by atoms with Gasteiger partial charge < -0.3 is 15.2 Å². The Kier molecular flexibility index (Phi) is 2.29. The average molecular weight is 207 g/mol. The van der Waals surface area contributed by atoms with E-state index in [9.17, 15) is 9.59 Å². The topological polar surface area (TPSA) is 75.6 Å². The number of carbonyl (C=O) groups is 2. The zero-order valence-corrected chi connectivity index (χ0v) is 7.71. The van der Waals surface area contributed by atoms with Crippen molar-refractivity contribution >= 4 is 12.1 Å². The molecule has 1 amide bonds. The van der Waals surface area contributed by atoms with E-state index in [1.165, 1.54) is 0 Å². The third-order valence-electron chi connectivity index (χ3n) is 2.20. The number of alkyl carbamates (subject to hydrolysis) is 1. The molecule has 2 rings (SSSR count). The molecule has 1 aromatic rings. The Morgan fingerprint density at radius 2 is 2.00 bits per heavy atom. The standard InChI is InChI=1S/C10H9NO4/c12-9(13)7-8(15-10(14)11-7)6-4-2-1-3-5-6/h1-5,7-8H,(H,11,14)(H,12,13)/t7-,8+/m1/s1. The Morgan fingerprint density at radius 1 is 1.33 bits per heavy atom. The molecule has 0 aromatic heterocycles. The van der Waals surface area contributed by atoms with Crippen molar-refractivity contribution in [2.45, 2.75) is 12.1 Å². The van der Waals surface area contributed by atoms with Crippen molar-refractivity contribution in [2.75, 3.05) is 0 Å². The first kappa shape index (κ1) is 9.51. The van der Waals surface area contributed by atoms with Crippen LogP contribution in [0.1, 0.15) is 11.7 Å². The second-order valence-electron chi connectivity index (χ2n) is 3.20. The number of carboxylic acids is 1. The van der Waals surface area contributed by atoms with Gasteiger partial charge in [0.25, 0.3) is 0 Å². The van der Waals surface area contributed by atoms with Crippen molar-refractivity contribution in [3.63, 3.8) is 0 Å². The molecule has 5 nitrogen and oxygen atoms in total. The van der Waals surface area contributed by atoms with Gasteiger partial charge in [-0.2, -0.15) is 0 Å². The van der Waals surface area contributed by atoms with Gasteiger partial charge in [0.2, 0.25) is 0 Å². The molecule has 0 spiro atoms. The van der Waals surface area contributed by atoms with E-state index in [4.69, 9.17) is 9.84 Å². The number of ether oxygens (including phenoxy) is 1. The lowest BCUT2D eigenvalue weighted by Gasteiger charge is -2.12. The van der Waals surface area contributed by atoms with Crippen LogP contribution < -0.4 is 5.32 Å². The van der Waals surface area contributed by atoms with Crippen LogP contribution >= 0.6 is 0 Å². The van der Waals surface area contributed by atoms with Crippen molar-refractivity contribution in [1.82, 2.24) is 5.32 Å². The number of carbonyl (C=O) groups excluding carboxylic acids is 1. The summed E-state index contributed by atoms with van der Waals surface area (Å²) < 4.78 is 4.89. The van der Waals surface area contributed by atoms with Gasteiger partial charge in [0.1, 0.15) is 0 Å². The van der Waals surface area contributed by atoms with E-state index in [2.05, 4.69) is 5.32 Å². The second kappa shape index (κ2) is 3.61. The van der Waals surface area contributed by atoms with Crippen LogP contribution in [0.4, 0.5) is 4.79 Å². The summed E-state index contributed by atoms with van der Waals surface area (Å²) in [6, 6.07) is 7.77. The number of hydrogen-bond donors (Lipinski definition) is 2. The smallest absolute Gasteiger partial charge is 0.408 e. The minimum absolute atomic E-state index is 0.670. The van der Waals surface area contributed by atoms with Crippen molar-refractivity contribution < 1.29 is 19.4 Å². The van der Waals surface area contributed by atoms with Gasteiger partial charge in [-0.05, 0) is 5.56 Å². The number of amides is 1. The van der Waals surface area contributed by atoms with Gasteiger partial charge in [0.15, 0.2) is 12.1 Å². The summed E-state index contributed by atoms with van der Waals surface area (Å²) in [5.74, 6) is -1.10. The first-order valence-corrected chi connectivity index (χ1v) is 4.43. The highest BCUT2D eigenvalue weighted by Gasteiger charge is 2.40. The molecule has 1 aliphatic rings. The summed E-state index contributed by atoms with van der Waals surface area (Å²) in [5, 5.41) is 11.1. The van der Waals surface area contributed by atoms with E-state index in [1.807, 2.05) is 6.07 Å². The maximum absolute atomic E-state index is 10.9. The summed E-state index contributed by atoms with van der Waals surface area (Å²) in [7, 11) is 0. The Hall–Kier alpha value is -2.04. The van der Waals surface area contributed by atoms with Crippen molar-refractivity contribution in [3.8, 4) is 0 Å². The van der Waals surface area contributed by atoms with Crippen LogP contribution in [-0.4, -0.2) is 23.2 Å². The summed E-state index contributed by atoms with van der Waals surface area (Å²) in [5.41, 5.74) is 0.670. The molecule has 15 heavy (non-hydrogen) atoms. The normalized spacial score (nSPS) is 24.4. The van der Waals surface area contributed by atoms with Gasteiger partial charge in [0.05, 0.1) is 0 Å². The number of cyclic esters (lactones) is 1. The molecule has 0 aliphatic carbocycles. The van der Waals surface area contributed by atoms with E-state index in [0.29, 0.717) is 5.56 Å². The molecule has 2 atom stereocenters. The van der Waals surface area contributed by atoms with E-state index < -0.39 is 24.2 Å². The predicted octanol–water partition coefficient (Wildman–Crippen LogP) is 0.921. The number of aliphatic carboxylic acids is 1. The molecule has 1 heterocycles. The first-order valence-electron chi connectivity index (χ1n) is 4.43. The molecule has 1 aromatic carbocycles. The van der Waals surface area contributed by atoms with Crippen LogP contribution in [0.25, 0.3) is 0 Å². The number of rotatable bonds is 2. The molecule has 2 N–H and O–H groups in total. The summed E-state index contributed by atoms with van der Waals surface area (Å²) >= 11 is 0. The molecule has 0 radical (unpaired) electrons. The molecular formula is C10H9NO4. The monoisotopic (exact) mass is 207 g/mol. The molecule has 1 saturated heterocycles. The largest absolute Gasteiger partial charge is 0.480 e. The molecule has 0 unspecified atom stereocenters. The number of benzene rings is 1. The Bertz CT molecular complexity index is 390. The maximum atomic E-state index is 10.9. The average Bonchev–Trinajstić information content (AvgIpc) is 2.62. The fourth-order valence-corrected chi connectivity index (χ4v) is 1.51. The quantitative estimate of drug-likeness (QED) is 0.756. The van der Waals surface area contributed by atoms with Gasteiger partial charge in [-0.15, -0.1) is 0 Å². The maximum Gasteiger partial charge on any atom is 0.408 e. The SMILES string of the molecule is O=C1N[C@@H](C(=O)O)[C@H](c2ccccc2)O1. The van der Waals surface area contributed by atoms with Crippen LogP contribution in [-0.2, 0) is 9.53 Å². The van der Waals surface area contributed by atoms with Crippen LogP contribution in [0.5, 0.6) is 0 Å². The highest BCUT2D eigenvalue weighted by atomic mass is 16.6. The van der Waals surface area contributed by atoms with E-state index in [0.717, 1.165) is 0 Å². The summed E-state index contributed by atoms with van der Waals surface area (Å²) in [4.78, 5) is 21.8. The molecule has 0 saturated carbocycles. The van der Waals surface area contributed by atoms with Gasteiger partial charge in [-0.3, -0.25) is 0 Å². The Morgan fingerprint density at radius 3 is 2.60 bits per heavy atom. The van der Waals surface area contributed by atoms with Gasteiger partial charge in [-0.1, -0.05) is 30.3 Å². The van der Waals surface area contributed by atoms with Crippen LogP contribution in [0.2, 0.25) is 0 Å². The Balaban J connectivity index is 2.28. The fraction of sp³-hybridized carbons (Fsp3) is 0.200. The molecule has 5 heteroatoms. The third kappa shape index (κ3) is 1.76. The highest BCUT2D eigenvalue weighted by molar-refractivity contribution is 5.84. The zero-order chi connectivity index (χ0) is 10.8. The molecule has 78 valence electrons. The molecule has 0 bridgehead atoms. The lowest BCUT2D eigenvalue weighted by Crippen LogP contribution is -2.35. The molecule has 1 fully saturated rings. The van der Waals surface area contributed by atoms with Crippen molar-refractivity contribution in [2.24, 2.45) is 0 Å². The minimum Gasteiger partial charge on any atom is -0.480 e. The third-order valence-corrected chi connectivity index (χ3v) is 2.20. The number of hydrogen-bond acceptors (Lipinski definition) is 3. The lowest BCUT2D eigenvalue weighted by atomic mass is 10.0. The second-order valence-corrected chi connectivity index (χ2v) is 3.20. The van der Waals surface area contributed by atoms with Crippen LogP contribution in [0.3, 0.4) is 0 Å². The summed E-state index contributed by atoms with van der Waals surface area (Å²) in [6.07, 6.45) is -1.45. The Labute approximate surface area is 85.7 Å². The first-order chi connectivity index (χ1) is 7.18. The zero-order valence-electron chi connectivity index (χ0n) is 7.71. The summed E-state index contributed by atoms with van der Waals surface area (Å²) in [6.45, 7) is 0. The molecule has 1 aliphatic heterocycles. The molecular weight excluding hydrogens is 198 g/mol. The minimum atomic E-state index is -1.10. The van der Waals surface area contributed by atoms with Gasteiger partial charge in [-0.25, -0.2) is 9.59 Å². The highest BCUT2D eigenvalue weighted by Crippen LogP contribution is 2.25. The van der Waals surface area contributed by atoms with Crippen molar-refractivity contribution in [3.05, 3.63) is 35.9 Å².